The minimum Gasteiger partial charge on any atom is -0.480 e. The van der Waals surface area contributed by atoms with Crippen molar-refractivity contribution in [2.75, 3.05) is 13.1 Å². The van der Waals surface area contributed by atoms with Gasteiger partial charge < -0.3 is 5.11 Å². The van der Waals surface area contributed by atoms with Gasteiger partial charge in [0.1, 0.15) is 0 Å². The Morgan fingerprint density at radius 3 is 2.37 bits per heavy atom. The number of sulfonamides is 1. The maximum absolute atomic E-state index is 12.9. The van der Waals surface area contributed by atoms with Crippen molar-refractivity contribution in [2.24, 2.45) is 0 Å². The van der Waals surface area contributed by atoms with E-state index in [4.69, 9.17) is 5.11 Å². The second-order valence-electron chi connectivity index (χ2n) is 6.76. The van der Waals surface area contributed by atoms with Gasteiger partial charge in [-0.15, -0.1) is 0 Å². The highest BCUT2D eigenvalue weighted by molar-refractivity contribution is 7.89. The topological polar surface area (TPSA) is 86.7 Å². The van der Waals surface area contributed by atoms with Gasteiger partial charge in [-0.2, -0.15) is 0 Å². The minimum absolute atomic E-state index is 0.0164. The third kappa shape index (κ3) is 4.55. The number of aliphatic carboxylic acids is 1. The van der Waals surface area contributed by atoms with E-state index in [1.165, 1.54) is 0 Å². The van der Waals surface area contributed by atoms with Gasteiger partial charge in [0.05, 0.1) is 11.4 Å². The van der Waals surface area contributed by atoms with Crippen LogP contribution < -0.4 is 4.72 Å². The number of nitrogens with one attached hydrogen (secondary N) is 1. The Bertz CT molecular complexity index is 893. The van der Waals surface area contributed by atoms with Crippen molar-refractivity contribution in [2.45, 2.75) is 36.7 Å². The van der Waals surface area contributed by atoms with E-state index in [1.54, 1.807) is 18.2 Å². The molecule has 144 valence electrons. The molecule has 6 nitrogen and oxygen atoms in total. The lowest BCUT2D eigenvalue weighted by atomic mass is 9.86. The first-order valence-electron chi connectivity index (χ1n) is 9.03. The highest BCUT2D eigenvalue weighted by Crippen LogP contribution is 2.30. The van der Waals surface area contributed by atoms with Crippen LogP contribution in [0.3, 0.4) is 0 Å². The largest absolute Gasteiger partial charge is 0.480 e. The third-order valence-corrected chi connectivity index (χ3v) is 6.54. The van der Waals surface area contributed by atoms with Crippen molar-refractivity contribution in [1.29, 1.82) is 0 Å². The number of benzene rings is 2. The molecule has 0 spiro atoms. The summed E-state index contributed by atoms with van der Waals surface area (Å²) in [6.07, 6.45) is 1.24. The summed E-state index contributed by atoms with van der Waals surface area (Å²) >= 11 is 0. The molecular formula is C20H24N2O4S. The molecule has 2 aromatic rings. The highest BCUT2D eigenvalue weighted by Gasteiger charge is 2.36. The molecule has 27 heavy (non-hydrogen) atoms. The van der Waals surface area contributed by atoms with E-state index in [-0.39, 0.29) is 23.5 Å². The van der Waals surface area contributed by atoms with Gasteiger partial charge in [0.2, 0.25) is 10.0 Å². The molecule has 0 saturated heterocycles. The van der Waals surface area contributed by atoms with E-state index in [0.717, 1.165) is 5.56 Å². The first-order chi connectivity index (χ1) is 12.9. The molecule has 2 N–H and O–H groups in total. The third-order valence-electron chi connectivity index (χ3n) is 4.96. The van der Waals surface area contributed by atoms with Gasteiger partial charge in [-0.3, -0.25) is 9.69 Å². The molecule has 2 aromatic carbocycles. The quantitative estimate of drug-likeness (QED) is 0.726. The number of hydrogen-bond acceptors (Lipinski definition) is 4. The zero-order valence-electron chi connectivity index (χ0n) is 15.2. The molecule has 0 radical (unpaired) electrons. The van der Waals surface area contributed by atoms with E-state index < -0.39 is 16.0 Å². The van der Waals surface area contributed by atoms with Crippen molar-refractivity contribution in [3.8, 4) is 11.1 Å². The van der Waals surface area contributed by atoms with Crippen LogP contribution in [0.5, 0.6) is 0 Å². The highest BCUT2D eigenvalue weighted by atomic mass is 32.2. The van der Waals surface area contributed by atoms with Crippen molar-refractivity contribution in [1.82, 2.24) is 9.62 Å². The summed E-state index contributed by atoms with van der Waals surface area (Å²) in [6, 6.07) is 16.3. The van der Waals surface area contributed by atoms with Crippen LogP contribution in [0.4, 0.5) is 0 Å². The molecule has 1 aliphatic carbocycles. The maximum Gasteiger partial charge on any atom is 0.317 e. The number of likely N-dealkylation sites (N-methyl/N-ethyl adjacent to an activating group) is 1. The molecule has 0 aromatic heterocycles. The number of carbonyl (C=O) groups is 1. The van der Waals surface area contributed by atoms with Crippen LogP contribution >= 0.6 is 0 Å². The normalized spacial score (nSPS) is 19.6. The summed E-state index contributed by atoms with van der Waals surface area (Å²) in [5, 5.41) is 8.97. The van der Waals surface area contributed by atoms with Crippen LogP contribution in [0, 0.1) is 0 Å². The van der Waals surface area contributed by atoms with Gasteiger partial charge in [0, 0.05) is 17.6 Å². The van der Waals surface area contributed by atoms with E-state index in [1.807, 2.05) is 48.2 Å². The number of hydrogen-bond donors (Lipinski definition) is 2. The first-order valence-corrected chi connectivity index (χ1v) is 10.5. The van der Waals surface area contributed by atoms with E-state index >= 15 is 0 Å². The molecule has 0 unspecified atom stereocenters. The van der Waals surface area contributed by atoms with Crippen LogP contribution in [0.1, 0.15) is 19.8 Å². The monoisotopic (exact) mass is 388 g/mol. The lowest BCUT2D eigenvalue weighted by molar-refractivity contribution is -0.139. The van der Waals surface area contributed by atoms with Gasteiger partial charge in [0.25, 0.3) is 0 Å². The minimum atomic E-state index is -3.66. The fourth-order valence-corrected chi connectivity index (χ4v) is 4.99. The Kier molecular flexibility index (Phi) is 5.94. The van der Waals surface area contributed by atoms with E-state index in [0.29, 0.717) is 24.9 Å². The lowest BCUT2D eigenvalue weighted by Gasteiger charge is -2.42. The van der Waals surface area contributed by atoms with Crippen LogP contribution in [-0.4, -0.2) is 49.6 Å². The number of carboxylic acids is 1. The van der Waals surface area contributed by atoms with Crippen LogP contribution in [0.2, 0.25) is 0 Å². The Labute approximate surface area is 159 Å². The fraction of sp³-hybridized carbons (Fsp3) is 0.350. The number of nitrogens with zero attached hydrogens (tertiary/aromatic N) is 1. The second-order valence-corrected chi connectivity index (χ2v) is 8.44. The molecule has 0 bridgehead atoms. The van der Waals surface area contributed by atoms with Crippen LogP contribution in [-0.2, 0) is 14.8 Å². The zero-order chi connectivity index (χ0) is 19.4. The summed E-state index contributed by atoms with van der Waals surface area (Å²) in [7, 11) is -3.66. The predicted molar refractivity (Wildman–Crippen MR) is 104 cm³/mol. The van der Waals surface area contributed by atoms with Crippen LogP contribution in [0.15, 0.2) is 59.5 Å². The standard InChI is InChI=1S/C20H24N2O4S/c1-2-22(14-20(23)24)17-12-16(13-17)21-27(25,26)19-11-7-6-10-18(19)15-8-4-3-5-9-15/h3-11,16-17,21H,2,12-14H2,1H3,(H,23,24). The zero-order valence-corrected chi connectivity index (χ0v) is 16.0. The number of rotatable bonds is 8. The average molecular weight is 388 g/mol. The molecule has 0 atom stereocenters. The molecule has 0 amide bonds. The van der Waals surface area contributed by atoms with Crippen molar-refractivity contribution in [3.05, 3.63) is 54.6 Å². The molecule has 1 aliphatic rings. The van der Waals surface area contributed by atoms with Crippen molar-refractivity contribution in [3.63, 3.8) is 0 Å². The summed E-state index contributed by atoms with van der Waals surface area (Å²) in [5.74, 6) is -0.863. The Hall–Kier alpha value is -2.22. The summed E-state index contributed by atoms with van der Waals surface area (Å²) in [6.45, 7) is 2.53. The first kappa shape index (κ1) is 19.5. The van der Waals surface area contributed by atoms with E-state index in [9.17, 15) is 13.2 Å². The lowest BCUT2D eigenvalue weighted by Crippen LogP contribution is -2.54. The van der Waals surface area contributed by atoms with Gasteiger partial charge in [-0.05, 0) is 31.0 Å². The summed E-state index contributed by atoms with van der Waals surface area (Å²) in [4.78, 5) is 13.1. The maximum atomic E-state index is 12.9. The SMILES string of the molecule is CCN(CC(=O)O)C1CC(NS(=O)(=O)c2ccccc2-c2ccccc2)C1. The Balaban J connectivity index is 1.72. The van der Waals surface area contributed by atoms with Crippen molar-refractivity contribution < 1.29 is 18.3 Å². The molecule has 0 heterocycles. The second kappa shape index (κ2) is 8.21. The summed E-state index contributed by atoms with van der Waals surface area (Å²) in [5.41, 5.74) is 1.52. The van der Waals surface area contributed by atoms with Gasteiger partial charge in [-0.1, -0.05) is 55.5 Å². The molecule has 1 fully saturated rings. The molecule has 7 heteroatoms. The van der Waals surface area contributed by atoms with Gasteiger partial charge >= 0.3 is 5.97 Å². The van der Waals surface area contributed by atoms with E-state index in [2.05, 4.69) is 4.72 Å². The Morgan fingerprint density at radius 2 is 1.74 bits per heavy atom. The van der Waals surface area contributed by atoms with Crippen LogP contribution in [0.25, 0.3) is 11.1 Å². The molecular weight excluding hydrogens is 364 g/mol. The van der Waals surface area contributed by atoms with Crippen molar-refractivity contribution >= 4 is 16.0 Å². The average Bonchev–Trinajstić information content (AvgIpc) is 2.63. The summed E-state index contributed by atoms with van der Waals surface area (Å²) < 4.78 is 28.6. The molecule has 1 saturated carbocycles. The fourth-order valence-electron chi connectivity index (χ4n) is 3.50. The number of carboxylic acid groups (broad SMARTS) is 1. The predicted octanol–water partition coefficient (Wildman–Crippen LogP) is 2.57. The Morgan fingerprint density at radius 1 is 1.11 bits per heavy atom. The smallest absolute Gasteiger partial charge is 0.317 e. The van der Waals surface area contributed by atoms with Gasteiger partial charge in [-0.25, -0.2) is 13.1 Å². The molecule has 0 aliphatic heterocycles. The van der Waals surface area contributed by atoms with Gasteiger partial charge in [0.15, 0.2) is 0 Å². The molecule has 3 rings (SSSR count).